The van der Waals surface area contributed by atoms with Crippen LogP contribution in [0.25, 0.3) is 0 Å². The Hall–Kier alpha value is -2.03. The summed E-state index contributed by atoms with van der Waals surface area (Å²) in [6.07, 6.45) is 1.75. The fourth-order valence-electron chi connectivity index (χ4n) is 1.71. The van der Waals surface area contributed by atoms with Gasteiger partial charge in [0.15, 0.2) is 0 Å². The smallest absolute Gasteiger partial charge is 0.267 e. The van der Waals surface area contributed by atoms with Gasteiger partial charge in [-0.05, 0) is 23.6 Å². The van der Waals surface area contributed by atoms with Crippen LogP contribution in [0.3, 0.4) is 0 Å². The van der Waals surface area contributed by atoms with E-state index in [9.17, 15) is 4.79 Å². The van der Waals surface area contributed by atoms with E-state index in [1.54, 1.807) is 12.3 Å². The average molecular weight is 228 g/mol. The molecule has 0 aliphatic heterocycles. The number of amides is 1. The largest absolute Gasteiger partial charge is 0.357 e. The predicted octanol–water partition coefficient (Wildman–Crippen LogP) is 2.55. The highest BCUT2D eigenvalue weighted by Crippen LogP contribution is 2.13. The second kappa shape index (κ2) is 5.34. The van der Waals surface area contributed by atoms with E-state index in [1.165, 1.54) is 5.56 Å². The zero-order valence-corrected chi connectivity index (χ0v) is 9.81. The Morgan fingerprint density at radius 2 is 2.00 bits per heavy atom. The van der Waals surface area contributed by atoms with Crippen molar-refractivity contribution < 1.29 is 4.79 Å². The van der Waals surface area contributed by atoms with Gasteiger partial charge < -0.3 is 10.3 Å². The Morgan fingerprint density at radius 3 is 2.65 bits per heavy atom. The zero-order valence-electron chi connectivity index (χ0n) is 9.81. The lowest BCUT2D eigenvalue weighted by Crippen LogP contribution is -2.27. The number of nitrogens with one attached hydrogen (secondary N) is 2. The van der Waals surface area contributed by atoms with Crippen molar-refractivity contribution >= 4 is 5.91 Å². The van der Waals surface area contributed by atoms with E-state index in [-0.39, 0.29) is 5.91 Å². The Balaban J connectivity index is 1.89. The van der Waals surface area contributed by atoms with Gasteiger partial charge in [0.1, 0.15) is 5.69 Å². The first kappa shape index (κ1) is 11.5. The molecule has 0 bridgehead atoms. The van der Waals surface area contributed by atoms with E-state index in [2.05, 4.69) is 29.4 Å². The predicted molar refractivity (Wildman–Crippen MR) is 68.0 cm³/mol. The van der Waals surface area contributed by atoms with Gasteiger partial charge in [-0.2, -0.15) is 0 Å². The molecule has 1 amide bonds. The number of aromatic amines is 1. The van der Waals surface area contributed by atoms with Crippen LogP contribution in [-0.4, -0.2) is 17.4 Å². The molecule has 2 N–H and O–H groups in total. The van der Waals surface area contributed by atoms with Crippen molar-refractivity contribution in [3.8, 4) is 0 Å². The maximum Gasteiger partial charge on any atom is 0.267 e. The van der Waals surface area contributed by atoms with Crippen LogP contribution in [-0.2, 0) is 0 Å². The quantitative estimate of drug-likeness (QED) is 0.830. The third-order valence-electron chi connectivity index (χ3n) is 2.78. The number of H-pyrrole nitrogens is 1. The summed E-state index contributed by atoms with van der Waals surface area (Å²) in [5.41, 5.74) is 1.84. The second-order valence-corrected chi connectivity index (χ2v) is 4.11. The van der Waals surface area contributed by atoms with Gasteiger partial charge in [-0.1, -0.05) is 37.3 Å². The van der Waals surface area contributed by atoms with Crippen molar-refractivity contribution in [3.05, 3.63) is 59.9 Å². The van der Waals surface area contributed by atoms with E-state index in [4.69, 9.17) is 0 Å². The first-order valence-corrected chi connectivity index (χ1v) is 5.74. The highest BCUT2D eigenvalue weighted by molar-refractivity contribution is 5.92. The van der Waals surface area contributed by atoms with E-state index >= 15 is 0 Å². The first-order valence-electron chi connectivity index (χ1n) is 5.74. The van der Waals surface area contributed by atoms with Gasteiger partial charge in [0, 0.05) is 12.7 Å². The number of rotatable bonds is 4. The lowest BCUT2D eigenvalue weighted by atomic mass is 10.0. The van der Waals surface area contributed by atoms with Crippen molar-refractivity contribution in [3.63, 3.8) is 0 Å². The Bertz CT molecular complexity index is 462. The number of carbonyl (C=O) groups excluding carboxylic acids is 1. The lowest BCUT2D eigenvalue weighted by molar-refractivity contribution is 0.0947. The molecule has 1 atom stereocenters. The minimum atomic E-state index is -0.0576. The van der Waals surface area contributed by atoms with Gasteiger partial charge in [-0.3, -0.25) is 4.79 Å². The normalized spacial score (nSPS) is 12.1. The van der Waals surface area contributed by atoms with Gasteiger partial charge in [0.25, 0.3) is 5.91 Å². The topological polar surface area (TPSA) is 44.9 Å². The molecule has 88 valence electrons. The van der Waals surface area contributed by atoms with E-state index in [1.807, 2.05) is 24.3 Å². The van der Waals surface area contributed by atoms with Crippen molar-refractivity contribution in [1.82, 2.24) is 10.3 Å². The minimum Gasteiger partial charge on any atom is -0.357 e. The highest BCUT2D eigenvalue weighted by atomic mass is 16.1. The molecule has 1 aromatic heterocycles. The summed E-state index contributed by atoms with van der Waals surface area (Å²) in [6, 6.07) is 13.7. The molecule has 0 aliphatic rings. The van der Waals surface area contributed by atoms with Gasteiger partial charge in [-0.15, -0.1) is 0 Å². The molecule has 17 heavy (non-hydrogen) atoms. The molecule has 1 unspecified atom stereocenters. The van der Waals surface area contributed by atoms with Crippen molar-refractivity contribution in [1.29, 1.82) is 0 Å². The standard InChI is InChI=1S/C14H16N2O/c1-11(12-6-3-2-4-7-12)10-16-14(17)13-8-5-9-15-13/h2-9,11,15H,10H2,1H3,(H,16,17). The Labute approximate surface area is 101 Å². The lowest BCUT2D eigenvalue weighted by Gasteiger charge is -2.12. The molecule has 2 rings (SSSR count). The van der Waals surface area contributed by atoms with E-state index < -0.39 is 0 Å². The molecule has 2 aromatic rings. The maximum atomic E-state index is 11.7. The molecule has 1 aromatic carbocycles. The fourth-order valence-corrected chi connectivity index (χ4v) is 1.71. The van der Waals surface area contributed by atoms with Crippen LogP contribution in [0.4, 0.5) is 0 Å². The molecule has 0 aliphatic carbocycles. The third kappa shape index (κ3) is 2.97. The van der Waals surface area contributed by atoms with Gasteiger partial charge >= 0.3 is 0 Å². The third-order valence-corrected chi connectivity index (χ3v) is 2.78. The molecule has 3 heteroatoms. The number of benzene rings is 1. The van der Waals surface area contributed by atoms with Crippen molar-refractivity contribution in [2.45, 2.75) is 12.8 Å². The summed E-state index contributed by atoms with van der Waals surface area (Å²) in [7, 11) is 0. The summed E-state index contributed by atoms with van der Waals surface area (Å²) in [5.74, 6) is 0.257. The Morgan fingerprint density at radius 1 is 1.24 bits per heavy atom. The minimum absolute atomic E-state index is 0.0576. The van der Waals surface area contributed by atoms with Crippen molar-refractivity contribution in [2.75, 3.05) is 6.54 Å². The number of hydrogen-bond donors (Lipinski definition) is 2. The van der Waals surface area contributed by atoms with E-state index in [0.29, 0.717) is 18.2 Å². The zero-order chi connectivity index (χ0) is 12.1. The van der Waals surface area contributed by atoms with Crippen LogP contribution in [0, 0.1) is 0 Å². The summed E-state index contributed by atoms with van der Waals surface area (Å²) < 4.78 is 0. The molecule has 3 nitrogen and oxygen atoms in total. The molecule has 0 radical (unpaired) electrons. The first-order chi connectivity index (χ1) is 8.27. The average Bonchev–Trinajstić information content (AvgIpc) is 2.90. The Kier molecular flexibility index (Phi) is 3.60. The van der Waals surface area contributed by atoms with Crippen LogP contribution < -0.4 is 5.32 Å². The maximum absolute atomic E-state index is 11.7. The molecule has 1 heterocycles. The van der Waals surface area contributed by atoms with Crippen LogP contribution in [0.1, 0.15) is 28.9 Å². The molecule has 0 fully saturated rings. The van der Waals surface area contributed by atoms with Gasteiger partial charge in [0.05, 0.1) is 0 Å². The summed E-state index contributed by atoms with van der Waals surface area (Å²) in [4.78, 5) is 14.6. The monoisotopic (exact) mass is 228 g/mol. The summed E-state index contributed by atoms with van der Waals surface area (Å²) in [6.45, 7) is 2.74. The van der Waals surface area contributed by atoms with Crippen LogP contribution in [0.2, 0.25) is 0 Å². The van der Waals surface area contributed by atoms with Crippen molar-refractivity contribution in [2.24, 2.45) is 0 Å². The summed E-state index contributed by atoms with van der Waals surface area (Å²) in [5, 5.41) is 2.91. The fraction of sp³-hybridized carbons (Fsp3) is 0.214. The molecule has 0 spiro atoms. The second-order valence-electron chi connectivity index (χ2n) is 4.11. The number of carbonyl (C=O) groups is 1. The van der Waals surface area contributed by atoms with E-state index in [0.717, 1.165) is 0 Å². The highest BCUT2D eigenvalue weighted by Gasteiger charge is 2.09. The van der Waals surface area contributed by atoms with Gasteiger partial charge in [-0.25, -0.2) is 0 Å². The van der Waals surface area contributed by atoms with Crippen LogP contribution in [0.15, 0.2) is 48.7 Å². The number of aromatic nitrogens is 1. The molecule has 0 saturated heterocycles. The van der Waals surface area contributed by atoms with Gasteiger partial charge in [0.2, 0.25) is 0 Å². The molecular formula is C14H16N2O. The SMILES string of the molecule is CC(CNC(=O)c1ccc[nH]1)c1ccccc1. The molecule has 0 saturated carbocycles. The summed E-state index contributed by atoms with van der Waals surface area (Å²) >= 11 is 0. The van der Waals surface area contributed by atoms with Crippen LogP contribution in [0.5, 0.6) is 0 Å². The number of hydrogen-bond acceptors (Lipinski definition) is 1. The van der Waals surface area contributed by atoms with Crippen LogP contribution >= 0.6 is 0 Å². The molecular weight excluding hydrogens is 212 g/mol.